The molecule has 0 aromatic carbocycles. The quantitative estimate of drug-likeness (QED) is 0.00929. The Morgan fingerprint density at radius 1 is 0.602 bits per heavy atom. The Morgan fingerprint density at radius 2 is 0.969 bits per heavy atom. The van der Waals surface area contributed by atoms with Gasteiger partial charge in [-0.05, 0) is 5.57 Å². The van der Waals surface area contributed by atoms with E-state index in [1.807, 2.05) is 0 Å². The number of nitrogens with one attached hydrogen (secondary N) is 1. The number of likely N-dealkylation sites (tertiary alicyclic amines) is 1. The van der Waals surface area contributed by atoms with E-state index >= 15 is 0 Å². The number of aromatic nitrogens is 6. The summed E-state index contributed by atoms with van der Waals surface area (Å²) in [6.07, 6.45) is 1.78. The highest BCUT2D eigenvalue weighted by atomic mass is 32.2. The fourth-order valence-corrected chi connectivity index (χ4v) is 18.4. The number of carbonyl (C=O) groups is 10. The second kappa shape index (κ2) is 31.4. The number of nitrogen functional groups attached to an aromatic ring is 3. The van der Waals surface area contributed by atoms with Crippen LogP contribution in [0.5, 0.6) is 0 Å². The third-order valence-corrected chi connectivity index (χ3v) is 23.2. The second-order valence-corrected chi connectivity index (χ2v) is 29.4. The van der Waals surface area contributed by atoms with Crippen molar-refractivity contribution in [3.05, 3.63) is 87.7 Å². The average molecular weight is 1490 g/mol. The molecule has 0 bridgehead atoms. The van der Waals surface area contributed by atoms with Crippen LogP contribution in [0.4, 0.5) is 15.4 Å². The van der Waals surface area contributed by atoms with Crippen molar-refractivity contribution in [1.29, 1.82) is 0 Å². The minimum absolute atomic E-state index is 0.00802. The maximum absolute atomic E-state index is 13.0. The van der Waals surface area contributed by atoms with Crippen LogP contribution in [-0.2, 0) is 74.2 Å². The lowest BCUT2D eigenvalue weighted by Gasteiger charge is -2.50. The molecule has 4 aromatic heterocycles. The molecule has 0 radical (unpaired) electrons. The van der Waals surface area contributed by atoms with Gasteiger partial charge in [0.2, 0.25) is 17.7 Å². The van der Waals surface area contributed by atoms with Gasteiger partial charge in [0.1, 0.15) is 68.7 Å². The van der Waals surface area contributed by atoms with Gasteiger partial charge >= 0.3 is 35.0 Å². The van der Waals surface area contributed by atoms with Gasteiger partial charge in [-0.25, -0.2) is 29.3 Å². The summed E-state index contributed by atoms with van der Waals surface area (Å²) >= 11 is 8.66. The summed E-state index contributed by atoms with van der Waals surface area (Å²) in [6.45, 7) is 3.66. The van der Waals surface area contributed by atoms with Gasteiger partial charge in [0.05, 0.1) is 54.0 Å². The summed E-state index contributed by atoms with van der Waals surface area (Å²) in [5, 5.41) is 47.1. The van der Waals surface area contributed by atoms with E-state index in [0.717, 1.165) is 75.3 Å². The first-order valence-corrected chi connectivity index (χ1v) is 35.9. The number of ether oxygens (including phenoxy) is 1. The number of carboxylic acid groups (broad SMARTS) is 3. The van der Waals surface area contributed by atoms with E-state index in [4.69, 9.17) is 36.5 Å². The maximum Gasteiger partial charge on any atom is 0.352 e. The number of likely N-dealkylation sites (N-methyl/N-ethyl adjacent to an activating group) is 1. The van der Waals surface area contributed by atoms with Crippen LogP contribution in [-0.4, -0.2) is 234 Å². The number of carboxylic acids is 3. The zero-order chi connectivity index (χ0) is 71.2. The third kappa shape index (κ3) is 15.8. The number of nitrogens with zero attached hydrogens (tertiary/aromatic N) is 12. The number of anilines is 3. The molecule has 6 unspecified atom stereocenters. The molecule has 42 heteroatoms. The number of amides is 3. The van der Waals surface area contributed by atoms with Crippen molar-refractivity contribution in [2.45, 2.75) is 60.3 Å². The van der Waals surface area contributed by atoms with Crippen molar-refractivity contribution in [2.75, 3.05) is 94.8 Å². The number of thioether (sulfide) groups is 4. The molecule has 4 fully saturated rings. The Kier molecular flexibility index (Phi) is 23.5. The Balaban J connectivity index is 0.000000173. The van der Waals surface area contributed by atoms with Gasteiger partial charge in [-0.1, -0.05) is 27.2 Å². The zero-order valence-corrected chi connectivity index (χ0v) is 58.4. The summed E-state index contributed by atoms with van der Waals surface area (Å²) in [6, 6.07) is 0. The number of oxime groups is 3. The molecule has 7 aliphatic heterocycles. The molecule has 6 atom stereocenters. The molecule has 0 saturated carbocycles. The summed E-state index contributed by atoms with van der Waals surface area (Å²) in [5.41, 5.74) is 17.1. The number of hydrogen-bond acceptors (Lipinski definition) is 33. The molecule has 98 heavy (non-hydrogen) atoms. The first-order chi connectivity index (χ1) is 46.6. The number of aryl methyl sites for hydroxylation is 1. The van der Waals surface area contributed by atoms with Crippen molar-refractivity contribution in [1.82, 2.24) is 44.4 Å². The number of hydrogen-bond donors (Lipinski definition) is 7. The van der Waals surface area contributed by atoms with E-state index in [0.29, 0.717) is 34.3 Å². The van der Waals surface area contributed by atoms with E-state index in [1.165, 1.54) is 96.4 Å². The van der Waals surface area contributed by atoms with Gasteiger partial charge in [0.15, 0.2) is 55.0 Å². The number of nitrogens with two attached hydrogens (primary N) is 3. The highest BCUT2D eigenvalue weighted by molar-refractivity contribution is 8.01. The molecule has 522 valence electrons. The third-order valence-electron chi connectivity index (χ3n) is 15.9. The SMILES string of the molecule is CO/N=C(\C(=O)CC1C(=O)N2C(C(=O)O)=C(COC(C)=O)CSC12)c1csc(N)n1.CO/N=C(\C(=O)CC1C(=O)N2C(C(=O)O)=C(CSc3nc(=O)c(=O)[nH]n3C)CSC12)c1csc(N)n1.CO/N=C(\C(=O)CC1C(=O)N2C(C(=O)O)=C(C[N+]3(C)CCCC3)CSC12)c1csc(N)n1. The van der Waals surface area contributed by atoms with Crippen molar-refractivity contribution < 1.29 is 87.0 Å². The number of fused-ring (bicyclic) bond motifs is 3. The molecular weight excluding hydrogens is 1430 g/mol. The molecular formula is C56H63N16O19S7+. The lowest BCUT2D eigenvalue weighted by molar-refractivity contribution is -0.893. The Labute approximate surface area is 583 Å². The van der Waals surface area contributed by atoms with Crippen LogP contribution in [0.2, 0.25) is 0 Å². The van der Waals surface area contributed by atoms with Crippen LogP contribution < -0.4 is 28.3 Å². The van der Waals surface area contributed by atoms with Crippen molar-refractivity contribution in [3.63, 3.8) is 0 Å². The zero-order valence-electron chi connectivity index (χ0n) is 52.7. The van der Waals surface area contributed by atoms with Gasteiger partial charge in [-0.15, -0.1) is 69.3 Å². The van der Waals surface area contributed by atoms with Gasteiger partial charge in [-0.3, -0.25) is 67.6 Å². The maximum atomic E-state index is 13.0. The van der Waals surface area contributed by atoms with Crippen LogP contribution >= 0.6 is 81.1 Å². The number of esters is 1. The minimum atomic E-state index is -1.29. The highest BCUT2D eigenvalue weighted by Gasteiger charge is 2.57. The molecule has 0 spiro atoms. The molecule has 4 aromatic rings. The van der Waals surface area contributed by atoms with E-state index in [9.17, 15) is 72.9 Å². The van der Waals surface area contributed by atoms with Crippen molar-refractivity contribution in [2.24, 2.45) is 40.3 Å². The van der Waals surface area contributed by atoms with Gasteiger partial charge in [0.25, 0.3) is 0 Å². The van der Waals surface area contributed by atoms with E-state index in [-0.39, 0.29) is 115 Å². The van der Waals surface area contributed by atoms with E-state index < -0.39 is 92.7 Å². The first kappa shape index (κ1) is 73.4. The van der Waals surface area contributed by atoms with E-state index in [1.54, 1.807) is 16.1 Å². The van der Waals surface area contributed by atoms with Crippen LogP contribution in [0.3, 0.4) is 0 Å². The number of Topliss-reactive ketones (excluding diaryl/α,β-unsaturated/α-hetero) is 3. The highest BCUT2D eigenvalue weighted by Crippen LogP contribution is 2.49. The number of H-pyrrole nitrogens is 1. The minimum Gasteiger partial charge on any atom is -0.477 e. The summed E-state index contributed by atoms with van der Waals surface area (Å²) < 4.78 is 6.96. The van der Waals surface area contributed by atoms with Crippen molar-refractivity contribution in [3.8, 4) is 0 Å². The normalized spacial score (nSPS) is 21.8. The molecule has 35 nitrogen and oxygen atoms in total. The molecule has 10 N–H and O–H groups in total. The molecule has 3 amide bonds. The van der Waals surface area contributed by atoms with Crippen molar-refractivity contribution >= 4 is 173 Å². The van der Waals surface area contributed by atoms with Crippen LogP contribution in [0, 0.1) is 17.8 Å². The standard InChI is InChI=1S/C20H25N5O5S2.C19H19N7O7S3.C17H18N4O7S2/c1-25(5-3-4-6-25)8-11-9-31-18-12(17(27)24(18)16(11)19(28)29)7-14(26)15(23-30-2)13-10-32-20(21)22-13;1-25-19(22-13(28)14(29)23-25)36-5-7-4-34-16-8(15(30)26(16)12(7)17(31)32)3-10(27)11(24-33-2)9-6-35-18(20)21-9;1-7(22)28-4-8-5-29-15-9(14(24)21(15)13(8)16(25)26)3-11(23)12(20-27-2)10-6-30-17(18)19-10/h10,12,18H,3-9H2,1-2H3,(H2-,21,22,28,29);6,8,16H,3-5H2,1-2H3,(H2,20,21)(H,23,29)(H,31,32);6,9,15H,3-5H2,1-2H3,(H2,18,19)(H,25,26)/p+1/b23-15-;24-11-;20-12-. The number of aromatic amines is 1. The molecule has 11 rings (SSSR count). The summed E-state index contributed by atoms with van der Waals surface area (Å²) in [5.74, 6) is -7.75. The van der Waals surface area contributed by atoms with Gasteiger partial charge < -0.3 is 56.3 Å². The molecule has 7 aliphatic rings. The number of aliphatic carboxylic acids is 3. The van der Waals surface area contributed by atoms with Gasteiger partial charge in [-0.2, -0.15) is 4.98 Å². The fraction of sp³-hybridized carbons (Fsp3) is 0.446. The summed E-state index contributed by atoms with van der Waals surface area (Å²) in [7, 11) is 7.52. The lowest BCUT2D eigenvalue weighted by Crippen LogP contribution is -2.62. The number of β-lactam (4-membered cyclic amide) rings is 3. The number of carbonyl (C=O) groups excluding carboxylic acids is 7. The molecule has 4 saturated heterocycles. The fourth-order valence-electron chi connectivity index (χ4n) is 11.5. The summed E-state index contributed by atoms with van der Waals surface area (Å²) in [4.78, 5) is 181. The van der Waals surface area contributed by atoms with Crippen LogP contribution in [0.25, 0.3) is 0 Å². The second-order valence-electron chi connectivity index (χ2n) is 22.5. The first-order valence-electron chi connectivity index (χ1n) is 29.1. The number of ketones is 3. The average Bonchev–Trinajstić information content (AvgIpc) is 0.821. The predicted molar refractivity (Wildman–Crippen MR) is 360 cm³/mol. The Bertz CT molecular complexity index is 4240. The topological polar surface area (TPSA) is 500 Å². The monoisotopic (exact) mass is 1490 g/mol. The number of quaternary nitrogens is 1. The molecule has 11 heterocycles. The number of rotatable bonds is 25. The number of thiazole rings is 3. The lowest BCUT2D eigenvalue weighted by atomic mass is 9.89. The van der Waals surface area contributed by atoms with Crippen LogP contribution in [0.1, 0.15) is 56.1 Å². The van der Waals surface area contributed by atoms with Crippen LogP contribution in [0.15, 0.2) is 80.2 Å². The smallest absolute Gasteiger partial charge is 0.352 e. The molecule has 0 aliphatic carbocycles. The van der Waals surface area contributed by atoms with E-state index in [2.05, 4.69) is 47.5 Å². The largest absolute Gasteiger partial charge is 0.477 e. The van der Waals surface area contributed by atoms with Gasteiger partial charge in [0, 0.05) is 96.4 Å². The predicted octanol–water partition coefficient (Wildman–Crippen LogP) is 1.09. The Morgan fingerprint density at radius 3 is 1.33 bits per heavy atom. The Hall–Kier alpha value is -8.81.